The summed E-state index contributed by atoms with van der Waals surface area (Å²) < 4.78 is 0. The fraction of sp³-hybridized carbons (Fsp3) is 0.583. The summed E-state index contributed by atoms with van der Waals surface area (Å²) in [5.74, 6) is 1.80. The summed E-state index contributed by atoms with van der Waals surface area (Å²) in [5.41, 5.74) is 3.08. The second-order valence-corrected chi connectivity index (χ2v) is 7.90. The first-order chi connectivity index (χ1) is 11.8. The van der Waals surface area contributed by atoms with Gasteiger partial charge in [0.2, 0.25) is 0 Å². The summed E-state index contributed by atoms with van der Waals surface area (Å²) >= 11 is 0. The fourth-order valence-corrected chi connectivity index (χ4v) is 4.38. The number of unbranched alkanes of at least 4 members (excludes halogenated alkanes) is 2. The minimum absolute atomic E-state index is 0.798. The van der Waals surface area contributed by atoms with Crippen LogP contribution in [0.1, 0.15) is 88.7 Å². The van der Waals surface area contributed by atoms with Gasteiger partial charge >= 0.3 is 0 Å². The SMILES string of the molecule is CCCCc1ccc2cc(C3CCC(CCCC)CC3)ccc2c1. The van der Waals surface area contributed by atoms with Crippen LogP contribution in [0.2, 0.25) is 0 Å². The smallest absolute Gasteiger partial charge is 0.0162 e. The standard InChI is InChI=1S/C24H34/c1-3-5-7-19-9-12-21(13-10-19)23-16-15-22-17-20(8-6-4-2)11-14-24(22)18-23/h11,14-19,21H,3-10,12-13H2,1-2H3. The molecule has 1 aliphatic rings. The summed E-state index contributed by atoms with van der Waals surface area (Å²) in [5, 5.41) is 2.85. The highest BCUT2D eigenvalue weighted by molar-refractivity contribution is 5.84. The van der Waals surface area contributed by atoms with E-state index in [9.17, 15) is 0 Å². The summed E-state index contributed by atoms with van der Waals surface area (Å²) in [6.07, 6.45) is 13.7. The van der Waals surface area contributed by atoms with E-state index in [1.165, 1.54) is 80.5 Å². The molecule has 0 saturated heterocycles. The van der Waals surface area contributed by atoms with Crippen molar-refractivity contribution in [1.82, 2.24) is 0 Å². The monoisotopic (exact) mass is 322 g/mol. The zero-order valence-corrected chi connectivity index (χ0v) is 15.7. The van der Waals surface area contributed by atoms with Crippen molar-refractivity contribution in [2.24, 2.45) is 5.92 Å². The van der Waals surface area contributed by atoms with E-state index in [4.69, 9.17) is 0 Å². The Labute approximate surface area is 148 Å². The Balaban J connectivity index is 1.65. The molecule has 0 N–H and O–H groups in total. The van der Waals surface area contributed by atoms with E-state index in [1.54, 1.807) is 5.56 Å². The lowest BCUT2D eigenvalue weighted by atomic mass is 9.77. The Morgan fingerprint density at radius 1 is 0.792 bits per heavy atom. The third-order valence-electron chi connectivity index (χ3n) is 6.03. The predicted octanol–water partition coefficient (Wildman–Crippen LogP) is 7.65. The fourth-order valence-electron chi connectivity index (χ4n) is 4.38. The van der Waals surface area contributed by atoms with E-state index in [0.717, 1.165) is 11.8 Å². The lowest BCUT2D eigenvalue weighted by Crippen LogP contribution is -2.13. The third-order valence-corrected chi connectivity index (χ3v) is 6.03. The van der Waals surface area contributed by atoms with Crippen LogP contribution in [0.15, 0.2) is 36.4 Å². The van der Waals surface area contributed by atoms with Crippen LogP contribution in [-0.4, -0.2) is 0 Å². The summed E-state index contributed by atoms with van der Waals surface area (Å²) in [6, 6.07) is 14.3. The Hall–Kier alpha value is -1.30. The maximum absolute atomic E-state index is 2.47. The van der Waals surface area contributed by atoms with Gasteiger partial charge in [0.05, 0.1) is 0 Å². The van der Waals surface area contributed by atoms with Gasteiger partial charge in [0.15, 0.2) is 0 Å². The van der Waals surface area contributed by atoms with Crippen molar-refractivity contribution in [3.8, 4) is 0 Å². The Morgan fingerprint density at radius 3 is 2.25 bits per heavy atom. The van der Waals surface area contributed by atoms with Gasteiger partial charge in [-0.3, -0.25) is 0 Å². The van der Waals surface area contributed by atoms with Gasteiger partial charge in [-0.25, -0.2) is 0 Å². The molecule has 130 valence electrons. The van der Waals surface area contributed by atoms with Crippen LogP contribution >= 0.6 is 0 Å². The summed E-state index contributed by atoms with van der Waals surface area (Å²) in [7, 11) is 0. The minimum Gasteiger partial charge on any atom is -0.0654 e. The highest BCUT2D eigenvalue weighted by atomic mass is 14.3. The predicted molar refractivity (Wildman–Crippen MR) is 107 cm³/mol. The molecule has 1 fully saturated rings. The van der Waals surface area contributed by atoms with E-state index in [2.05, 4.69) is 50.2 Å². The van der Waals surface area contributed by atoms with Crippen LogP contribution in [0.25, 0.3) is 10.8 Å². The van der Waals surface area contributed by atoms with Gasteiger partial charge in [0.25, 0.3) is 0 Å². The van der Waals surface area contributed by atoms with Crippen molar-refractivity contribution in [3.05, 3.63) is 47.5 Å². The second-order valence-electron chi connectivity index (χ2n) is 7.90. The molecule has 2 aromatic carbocycles. The van der Waals surface area contributed by atoms with Crippen LogP contribution in [0.3, 0.4) is 0 Å². The molecule has 0 aliphatic heterocycles. The first kappa shape index (κ1) is 17.5. The molecule has 0 amide bonds. The second kappa shape index (κ2) is 8.70. The van der Waals surface area contributed by atoms with Crippen molar-refractivity contribution < 1.29 is 0 Å². The Kier molecular flexibility index (Phi) is 6.35. The van der Waals surface area contributed by atoms with Crippen molar-refractivity contribution in [1.29, 1.82) is 0 Å². The van der Waals surface area contributed by atoms with Gasteiger partial charge in [-0.2, -0.15) is 0 Å². The van der Waals surface area contributed by atoms with E-state index < -0.39 is 0 Å². The highest BCUT2D eigenvalue weighted by Gasteiger charge is 2.22. The Morgan fingerprint density at radius 2 is 1.50 bits per heavy atom. The van der Waals surface area contributed by atoms with Crippen LogP contribution in [0.4, 0.5) is 0 Å². The maximum atomic E-state index is 2.47. The highest BCUT2D eigenvalue weighted by Crippen LogP contribution is 2.38. The summed E-state index contributed by atoms with van der Waals surface area (Å²) in [6.45, 7) is 4.58. The molecule has 0 unspecified atom stereocenters. The van der Waals surface area contributed by atoms with Gasteiger partial charge in [0, 0.05) is 0 Å². The zero-order valence-electron chi connectivity index (χ0n) is 15.7. The zero-order chi connectivity index (χ0) is 16.8. The van der Waals surface area contributed by atoms with Crippen LogP contribution in [-0.2, 0) is 6.42 Å². The quantitative estimate of drug-likeness (QED) is 0.491. The minimum atomic E-state index is 0.798. The first-order valence-corrected chi connectivity index (χ1v) is 10.3. The van der Waals surface area contributed by atoms with E-state index in [1.807, 2.05) is 0 Å². The topological polar surface area (TPSA) is 0 Å². The lowest BCUT2D eigenvalue weighted by Gasteiger charge is -2.29. The van der Waals surface area contributed by atoms with E-state index in [-0.39, 0.29) is 0 Å². The normalized spacial score (nSPS) is 21.2. The average Bonchev–Trinajstić information content (AvgIpc) is 2.64. The van der Waals surface area contributed by atoms with Gasteiger partial charge in [-0.1, -0.05) is 75.9 Å². The molecule has 0 spiro atoms. The molecule has 1 saturated carbocycles. The number of aryl methyl sites for hydroxylation is 1. The van der Waals surface area contributed by atoms with Crippen LogP contribution in [0.5, 0.6) is 0 Å². The molecular weight excluding hydrogens is 288 g/mol. The third kappa shape index (κ3) is 4.41. The maximum Gasteiger partial charge on any atom is -0.0162 e. The number of rotatable bonds is 7. The Bertz CT molecular complexity index is 632. The van der Waals surface area contributed by atoms with E-state index >= 15 is 0 Å². The molecule has 0 bridgehead atoms. The molecule has 24 heavy (non-hydrogen) atoms. The molecule has 0 atom stereocenters. The molecule has 3 rings (SSSR count). The molecule has 0 heteroatoms. The van der Waals surface area contributed by atoms with E-state index in [0.29, 0.717) is 0 Å². The van der Waals surface area contributed by atoms with Gasteiger partial charge < -0.3 is 0 Å². The average molecular weight is 323 g/mol. The number of hydrogen-bond acceptors (Lipinski definition) is 0. The van der Waals surface area contributed by atoms with Crippen molar-refractivity contribution in [2.45, 2.75) is 84.0 Å². The van der Waals surface area contributed by atoms with Crippen LogP contribution < -0.4 is 0 Å². The lowest BCUT2D eigenvalue weighted by molar-refractivity contribution is 0.304. The van der Waals surface area contributed by atoms with Crippen molar-refractivity contribution in [2.75, 3.05) is 0 Å². The molecule has 0 nitrogen and oxygen atoms in total. The number of benzene rings is 2. The molecule has 0 aromatic heterocycles. The van der Waals surface area contributed by atoms with Crippen molar-refractivity contribution in [3.63, 3.8) is 0 Å². The molecular formula is C24H34. The number of fused-ring (bicyclic) bond motifs is 1. The largest absolute Gasteiger partial charge is 0.0654 e. The first-order valence-electron chi connectivity index (χ1n) is 10.3. The van der Waals surface area contributed by atoms with Gasteiger partial charge in [0.1, 0.15) is 0 Å². The molecule has 0 heterocycles. The summed E-state index contributed by atoms with van der Waals surface area (Å²) in [4.78, 5) is 0. The number of hydrogen-bond donors (Lipinski definition) is 0. The molecule has 1 aliphatic carbocycles. The van der Waals surface area contributed by atoms with Gasteiger partial charge in [-0.15, -0.1) is 0 Å². The van der Waals surface area contributed by atoms with Crippen LogP contribution in [0, 0.1) is 5.92 Å². The molecule has 0 radical (unpaired) electrons. The molecule has 2 aromatic rings. The van der Waals surface area contributed by atoms with Crippen molar-refractivity contribution >= 4 is 10.8 Å². The van der Waals surface area contributed by atoms with Gasteiger partial charge in [-0.05, 0) is 72.3 Å².